The molecular formula is C11H8CuO2. The summed E-state index contributed by atoms with van der Waals surface area (Å²) in [7, 11) is 0. The quantitative estimate of drug-likeness (QED) is 0.772. The molecule has 0 saturated heterocycles. The maximum Gasteiger partial charge on any atom is 0.335 e. The molecule has 75 valence electrons. The van der Waals surface area contributed by atoms with Gasteiger partial charge in [0.2, 0.25) is 0 Å². The Balaban J connectivity index is 0.000000980. The van der Waals surface area contributed by atoms with Crippen molar-refractivity contribution in [1.82, 2.24) is 0 Å². The summed E-state index contributed by atoms with van der Waals surface area (Å²) in [6.45, 7) is 0. The number of hydrogen-bond donors (Lipinski definition) is 1. The molecule has 0 aliphatic heterocycles. The maximum atomic E-state index is 10.6. The monoisotopic (exact) mass is 235 g/mol. The first-order valence-electron chi connectivity index (χ1n) is 3.99. The molecule has 0 heterocycles. The van der Waals surface area contributed by atoms with E-state index >= 15 is 0 Å². The Hall–Kier alpha value is -1.31. The summed E-state index contributed by atoms with van der Waals surface area (Å²) >= 11 is 0. The number of hydrogen-bond acceptors (Lipinski definition) is 1. The Labute approximate surface area is 92.0 Å². The second kappa shape index (κ2) is 4.27. The van der Waals surface area contributed by atoms with Crippen LogP contribution < -0.4 is 0 Å². The van der Waals surface area contributed by atoms with Crippen molar-refractivity contribution in [2.24, 2.45) is 0 Å². The number of carboxylic acids is 1. The summed E-state index contributed by atoms with van der Waals surface area (Å²) in [5.41, 5.74) is 0.332. The van der Waals surface area contributed by atoms with Gasteiger partial charge in [-0.05, 0) is 22.9 Å². The van der Waals surface area contributed by atoms with Gasteiger partial charge in [-0.25, -0.2) is 4.79 Å². The fourth-order valence-corrected chi connectivity index (χ4v) is 1.32. The van der Waals surface area contributed by atoms with Crippen LogP contribution >= 0.6 is 0 Å². The van der Waals surface area contributed by atoms with Gasteiger partial charge >= 0.3 is 5.97 Å². The van der Waals surface area contributed by atoms with Crippen molar-refractivity contribution in [2.45, 2.75) is 0 Å². The number of carbonyl (C=O) groups is 1. The van der Waals surface area contributed by atoms with E-state index in [-0.39, 0.29) is 17.1 Å². The average Bonchev–Trinajstić information content (AvgIpc) is 2.17. The third kappa shape index (κ3) is 1.95. The molecule has 1 radical (unpaired) electrons. The first kappa shape index (κ1) is 10.8. The van der Waals surface area contributed by atoms with Crippen molar-refractivity contribution in [3.8, 4) is 0 Å². The number of rotatable bonds is 1. The molecule has 14 heavy (non-hydrogen) atoms. The molecule has 2 aromatic carbocycles. The average molecular weight is 236 g/mol. The van der Waals surface area contributed by atoms with Crippen LogP contribution in [0.5, 0.6) is 0 Å². The first-order chi connectivity index (χ1) is 6.27. The molecule has 2 rings (SSSR count). The van der Waals surface area contributed by atoms with Gasteiger partial charge in [0.25, 0.3) is 0 Å². The van der Waals surface area contributed by atoms with Crippen molar-refractivity contribution in [3.05, 3.63) is 48.0 Å². The van der Waals surface area contributed by atoms with E-state index in [1.54, 1.807) is 12.1 Å². The molecule has 2 nitrogen and oxygen atoms in total. The largest absolute Gasteiger partial charge is 0.478 e. The number of fused-ring (bicyclic) bond motifs is 1. The van der Waals surface area contributed by atoms with Crippen molar-refractivity contribution >= 4 is 16.7 Å². The van der Waals surface area contributed by atoms with Crippen LogP contribution in [0, 0.1) is 0 Å². The van der Waals surface area contributed by atoms with E-state index in [4.69, 9.17) is 5.11 Å². The van der Waals surface area contributed by atoms with Crippen LogP contribution in [0.1, 0.15) is 10.4 Å². The molecule has 0 fully saturated rings. The molecule has 0 spiro atoms. The molecule has 0 amide bonds. The maximum absolute atomic E-state index is 10.6. The fourth-order valence-electron chi connectivity index (χ4n) is 1.32. The first-order valence-corrected chi connectivity index (χ1v) is 3.99. The van der Waals surface area contributed by atoms with Crippen LogP contribution in [0.2, 0.25) is 0 Å². The summed E-state index contributed by atoms with van der Waals surface area (Å²) in [4.78, 5) is 10.6. The molecule has 1 N–H and O–H groups in total. The summed E-state index contributed by atoms with van der Waals surface area (Å²) < 4.78 is 0. The minimum Gasteiger partial charge on any atom is -0.478 e. The Morgan fingerprint density at radius 1 is 1.00 bits per heavy atom. The van der Waals surface area contributed by atoms with E-state index < -0.39 is 5.97 Å². The van der Waals surface area contributed by atoms with Gasteiger partial charge in [0.05, 0.1) is 5.56 Å². The third-order valence-electron chi connectivity index (χ3n) is 2.00. The van der Waals surface area contributed by atoms with Crippen LogP contribution in [0.3, 0.4) is 0 Å². The van der Waals surface area contributed by atoms with E-state index in [1.807, 2.05) is 30.3 Å². The van der Waals surface area contributed by atoms with Crippen molar-refractivity contribution in [3.63, 3.8) is 0 Å². The van der Waals surface area contributed by atoms with E-state index in [2.05, 4.69) is 0 Å². The second-order valence-electron chi connectivity index (χ2n) is 2.87. The summed E-state index contributed by atoms with van der Waals surface area (Å²) in [6.07, 6.45) is 0. The van der Waals surface area contributed by atoms with E-state index in [0.29, 0.717) is 5.56 Å². The van der Waals surface area contributed by atoms with Crippen LogP contribution in [0.25, 0.3) is 10.8 Å². The Morgan fingerprint density at radius 3 is 2.29 bits per heavy atom. The number of benzene rings is 2. The minimum absolute atomic E-state index is 0. The van der Waals surface area contributed by atoms with Crippen LogP contribution in [-0.2, 0) is 17.1 Å². The van der Waals surface area contributed by atoms with Crippen molar-refractivity contribution < 1.29 is 27.0 Å². The summed E-state index contributed by atoms with van der Waals surface area (Å²) in [6, 6.07) is 12.8. The standard InChI is InChI=1S/C11H8O2.Cu/c12-11(13)10-6-5-8-3-1-2-4-9(8)7-10;/h1-7H,(H,12,13);. The fraction of sp³-hybridized carbons (Fsp3) is 0. The van der Waals surface area contributed by atoms with Crippen molar-refractivity contribution in [2.75, 3.05) is 0 Å². The molecule has 0 bridgehead atoms. The van der Waals surface area contributed by atoms with Gasteiger partial charge in [-0.1, -0.05) is 30.3 Å². The second-order valence-corrected chi connectivity index (χ2v) is 2.87. The van der Waals surface area contributed by atoms with Gasteiger partial charge in [0.1, 0.15) is 0 Å². The zero-order valence-electron chi connectivity index (χ0n) is 7.20. The zero-order chi connectivity index (χ0) is 9.26. The van der Waals surface area contributed by atoms with Gasteiger partial charge in [0, 0.05) is 17.1 Å². The van der Waals surface area contributed by atoms with Gasteiger partial charge < -0.3 is 5.11 Å². The molecule has 3 heteroatoms. The normalized spacial score (nSPS) is 9.43. The van der Waals surface area contributed by atoms with E-state index in [0.717, 1.165) is 10.8 Å². The SMILES string of the molecule is O=C(O)c1ccc2ccccc2c1.[Cu]. The van der Waals surface area contributed by atoms with Crippen LogP contribution in [0.4, 0.5) is 0 Å². The predicted octanol–water partition coefficient (Wildman–Crippen LogP) is 2.54. The molecule has 2 aromatic rings. The molecule has 0 unspecified atom stereocenters. The molecule has 0 aliphatic rings. The predicted molar refractivity (Wildman–Crippen MR) is 50.9 cm³/mol. The topological polar surface area (TPSA) is 37.3 Å². The summed E-state index contributed by atoms with van der Waals surface area (Å²) in [5.74, 6) is -0.884. The molecule has 0 aliphatic carbocycles. The Kier molecular flexibility index (Phi) is 3.28. The summed E-state index contributed by atoms with van der Waals surface area (Å²) in [5, 5.41) is 10.8. The van der Waals surface area contributed by atoms with Crippen LogP contribution in [0.15, 0.2) is 42.5 Å². The minimum atomic E-state index is -0.884. The number of carboxylic acid groups (broad SMARTS) is 1. The smallest absolute Gasteiger partial charge is 0.335 e. The molecular weight excluding hydrogens is 228 g/mol. The van der Waals surface area contributed by atoms with Gasteiger partial charge in [-0.2, -0.15) is 0 Å². The Morgan fingerprint density at radius 2 is 1.64 bits per heavy atom. The Bertz CT molecular complexity index is 466. The van der Waals surface area contributed by atoms with Gasteiger partial charge in [-0.3, -0.25) is 0 Å². The molecule has 0 aromatic heterocycles. The van der Waals surface area contributed by atoms with Crippen molar-refractivity contribution in [1.29, 1.82) is 0 Å². The van der Waals surface area contributed by atoms with Gasteiger partial charge in [0.15, 0.2) is 0 Å². The van der Waals surface area contributed by atoms with Crippen LogP contribution in [-0.4, -0.2) is 11.1 Å². The molecule has 0 atom stereocenters. The van der Waals surface area contributed by atoms with E-state index in [1.165, 1.54) is 0 Å². The third-order valence-corrected chi connectivity index (χ3v) is 2.00. The van der Waals surface area contributed by atoms with Gasteiger partial charge in [-0.15, -0.1) is 0 Å². The molecule has 0 saturated carbocycles. The zero-order valence-corrected chi connectivity index (χ0v) is 8.14. The van der Waals surface area contributed by atoms with E-state index in [9.17, 15) is 4.79 Å². The number of aromatic carboxylic acids is 1.